The van der Waals surface area contributed by atoms with Crippen LogP contribution in [0.5, 0.6) is 5.75 Å². The van der Waals surface area contributed by atoms with E-state index in [4.69, 9.17) is 9.84 Å². The van der Waals surface area contributed by atoms with Crippen LogP contribution in [0, 0.1) is 5.92 Å². The fourth-order valence-corrected chi connectivity index (χ4v) is 2.85. The number of hydrogen-bond donors (Lipinski definition) is 1. The van der Waals surface area contributed by atoms with Crippen LogP contribution in [0.25, 0.3) is 0 Å². The SMILES string of the molecule is CC(C1CC1)N(C(=O)c1cccc(OCC(=O)O)c1)C1CC1. The maximum atomic E-state index is 12.8. The van der Waals surface area contributed by atoms with Crippen LogP contribution in [-0.2, 0) is 4.79 Å². The lowest BCUT2D eigenvalue weighted by Crippen LogP contribution is -2.41. The molecule has 0 aliphatic heterocycles. The number of carboxylic acid groups (broad SMARTS) is 1. The average Bonchev–Trinajstić information content (AvgIpc) is 3.37. The lowest BCUT2D eigenvalue weighted by Gasteiger charge is -2.29. The summed E-state index contributed by atoms with van der Waals surface area (Å²) in [5.74, 6) is 0.0560. The van der Waals surface area contributed by atoms with Crippen molar-refractivity contribution in [3.05, 3.63) is 29.8 Å². The Kier molecular flexibility index (Phi) is 4.05. The number of hydrogen-bond acceptors (Lipinski definition) is 3. The third-order valence-electron chi connectivity index (χ3n) is 4.36. The third-order valence-corrected chi connectivity index (χ3v) is 4.36. The van der Waals surface area contributed by atoms with Crippen molar-refractivity contribution in [3.8, 4) is 5.75 Å². The molecule has 22 heavy (non-hydrogen) atoms. The summed E-state index contributed by atoms with van der Waals surface area (Å²) in [6, 6.07) is 7.46. The summed E-state index contributed by atoms with van der Waals surface area (Å²) < 4.78 is 5.16. The van der Waals surface area contributed by atoms with Crippen LogP contribution in [0.3, 0.4) is 0 Å². The van der Waals surface area contributed by atoms with Crippen LogP contribution in [0.15, 0.2) is 24.3 Å². The molecule has 2 aliphatic rings. The summed E-state index contributed by atoms with van der Waals surface area (Å²) in [6.07, 6.45) is 4.58. The molecule has 2 saturated carbocycles. The van der Waals surface area contributed by atoms with Crippen molar-refractivity contribution in [2.75, 3.05) is 6.61 Å². The molecule has 5 heteroatoms. The fourth-order valence-electron chi connectivity index (χ4n) is 2.85. The Bertz CT molecular complexity index is 578. The normalized spacial score (nSPS) is 18.6. The molecule has 1 aromatic rings. The largest absolute Gasteiger partial charge is 0.482 e. The first-order valence-electron chi connectivity index (χ1n) is 7.83. The molecule has 5 nitrogen and oxygen atoms in total. The van der Waals surface area contributed by atoms with Gasteiger partial charge in [-0.3, -0.25) is 4.79 Å². The molecule has 0 aromatic heterocycles. The van der Waals surface area contributed by atoms with Gasteiger partial charge in [0.1, 0.15) is 5.75 Å². The molecule has 1 amide bonds. The van der Waals surface area contributed by atoms with Crippen LogP contribution < -0.4 is 4.74 Å². The number of rotatable bonds is 7. The standard InChI is InChI=1S/C17H21NO4/c1-11(12-5-6-12)18(14-7-8-14)17(21)13-3-2-4-15(9-13)22-10-16(19)20/h2-4,9,11-12,14H,5-8,10H2,1H3,(H,19,20). The highest BCUT2D eigenvalue weighted by molar-refractivity contribution is 5.95. The Balaban J connectivity index is 1.74. The van der Waals surface area contributed by atoms with Crippen molar-refractivity contribution in [3.63, 3.8) is 0 Å². The van der Waals surface area contributed by atoms with Crippen molar-refractivity contribution >= 4 is 11.9 Å². The van der Waals surface area contributed by atoms with E-state index in [2.05, 4.69) is 6.92 Å². The zero-order valence-electron chi connectivity index (χ0n) is 12.7. The van der Waals surface area contributed by atoms with Gasteiger partial charge in [-0.2, -0.15) is 0 Å². The Morgan fingerprint density at radius 2 is 2.05 bits per heavy atom. The summed E-state index contributed by atoms with van der Waals surface area (Å²) in [6.45, 7) is 1.74. The smallest absolute Gasteiger partial charge is 0.341 e. The Morgan fingerprint density at radius 3 is 2.64 bits per heavy atom. The number of ether oxygens (including phenoxy) is 1. The van der Waals surface area contributed by atoms with Gasteiger partial charge in [-0.1, -0.05) is 6.07 Å². The Morgan fingerprint density at radius 1 is 1.32 bits per heavy atom. The highest BCUT2D eigenvalue weighted by Gasteiger charge is 2.41. The summed E-state index contributed by atoms with van der Waals surface area (Å²) in [5, 5.41) is 8.66. The first-order valence-corrected chi connectivity index (χ1v) is 7.83. The van der Waals surface area contributed by atoms with E-state index < -0.39 is 12.6 Å². The summed E-state index contributed by atoms with van der Waals surface area (Å²) >= 11 is 0. The van der Waals surface area contributed by atoms with Gasteiger partial charge in [0.15, 0.2) is 6.61 Å². The molecule has 0 saturated heterocycles. The van der Waals surface area contributed by atoms with Crippen molar-refractivity contribution in [2.45, 2.75) is 44.7 Å². The van der Waals surface area contributed by atoms with E-state index in [1.54, 1.807) is 24.3 Å². The van der Waals surface area contributed by atoms with Crippen LogP contribution in [0.2, 0.25) is 0 Å². The van der Waals surface area contributed by atoms with E-state index in [0.29, 0.717) is 23.3 Å². The van der Waals surface area contributed by atoms with E-state index in [1.165, 1.54) is 12.8 Å². The lowest BCUT2D eigenvalue weighted by molar-refractivity contribution is -0.139. The quantitative estimate of drug-likeness (QED) is 0.840. The molecule has 2 fully saturated rings. The first-order chi connectivity index (χ1) is 10.6. The van der Waals surface area contributed by atoms with Crippen molar-refractivity contribution < 1.29 is 19.4 Å². The molecule has 3 rings (SSSR count). The maximum absolute atomic E-state index is 12.8. The van der Waals surface area contributed by atoms with Gasteiger partial charge in [0, 0.05) is 17.6 Å². The lowest BCUT2D eigenvalue weighted by atomic mass is 10.1. The molecule has 1 unspecified atom stereocenters. The van der Waals surface area contributed by atoms with Crippen LogP contribution >= 0.6 is 0 Å². The van der Waals surface area contributed by atoms with E-state index in [9.17, 15) is 9.59 Å². The third kappa shape index (κ3) is 3.40. The van der Waals surface area contributed by atoms with Gasteiger partial charge in [0.25, 0.3) is 5.91 Å². The number of carbonyl (C=O) groups is 2. The monoisotopic (exact) mass is 303 g/mol. The summed E-state index contributed by atoms with van der Waals surface area (Å²) in [4.78, 5) is 25.4. The number of nitrogens with zero attached hydrogens (tertiary/aromatic N) is 1. The van der Waals surface area contributed by atoms with Crippen LogP contribution in [0.1, 0.15) is 43.0 Å². The highest BCUT2D eigenvalue weighted by atomic mass is 16.5. The molecule has 1 aromatic carbocycles. The molecule has 2 aliphatic carbocycles. The predicted molar refractivity (Wildman–Crippen MR) is 81.0 cm³/mol. The predicted octanol–water partition coefficient (Wildman–Crippen LogP) is 2.55. The minimum Gasteiger partial charge on any atom is -0.482 e. The van der Waals surface area contributed by atoms with Crippen molar-refractivity contribution in [1.82, 2.24) is 4.90 Å². The maximum Gasteiger partial charge on any atom is 0.341 e. The molecule has 0 bridgehead atoms. The van der Waals surface area contributed by atoms with Gasteiger partial charge in [0.2, 0.25) is 0 Å². The number of benzene rings is 1. The van der Waals surface area contributed by atoms with Gasteiger partial charge < -0.3 is 14.7 Å². The van der Waals surface area contributed by atoms with Gasteiger partial charge in [-0.05, 0) is 56.7 Å². The molecule has 0 heterocycles. The van der Waals surface area contributed by atoms with Gasteiger partial charge in [-0.15, -0.1) is 0 Å². The molecule has 0 spiro atoms. The zero-order valence-corrected chi connectivity index (χ0v) is 12.7. The van der Waals surface area contributed by atoms with Gasteiger partial charge in [-0.25, -0.2) is 4.79 Å². The summed E-state index contributed by atoms with van der Waals surface area (Å²) in [7, 11) is 0. The average molecular weight is 303 g/mol. The van der Waals surface area contributed by atoms with Gasteiger partial charge >= 0.3 is 5.97 Å². The Hall–Kier alpha value is -2.04. The molecule has 0 radical (unpaired) electrons. The fraction of sp³-hybridized carbons (Fsp3) is 0.529. The van der Waals surface area contributed by atoms with Crippen molar-refractivity contribution in [2.24, 2.45) is 5.92 Å². The Labute approximate surface area is 129 Å². The minimum absolute atomic E-state index is 0.0303. The molecule has 1 N–H and O–H groups in total. The van der Waals surface area contributed by atoms with Crippen LogP contribution in [0.4, 0.5) is 0 Å². The molecular weight excluding hydrogens is 282 g/mol. The molecule has 118 valence electrons. The molecule has 1 atom stereocenters. The van der Waals surface area contributed by atoms with Crippen LogP contribution in [-0.4, -0.2) is 40.6 Å². The highest BCUT2D eigenvalue weighted by Crippen LogP contribution is 2.40. The van der Waals surface area contributed by atoms with E-state index >= 15 is 0 Å². The van der Waals surface area contributed by atoms with Gasteiger partial charge in [0.05, 0.1) is 0 Å². The van der Waals surface area contributed by atoms with E-state index in [-0.39, 0.29) is 11.9 Å². The second-order valence-corrected chi connectivity index (χ2v) is 6.23. The van der Waals surface area contributed by atoms with Crippen molar-refractivity contribution in [1.29, 1.82) is 0 Å². The second kappa shape index (κ2) is 5.99. The topological polar surface area (TPSA) is 66.8 Å². The zero-order chi connectivity index (χ0) is 15.7. The van der Waals surface area contributed by atoms with E-state index in [1.807, 2.05) is 4.90 Å². The molecular formula is C17H21NO4. The second-order valence-electron chi connectivity index (χ2n) is 6.23. The number of carboxylic acids is 1. The number of amides is 1. The number of aliphatic carboxylic acids is 1. The summed E-state index contributed by atoms with van der Waals surface area (Å²) in [5.41, 5.74) is 0.572. The first kappa shape index (κ1) is 14.9. The minimum atomic E-state index is -1.03. The van der Waals surface area contributed by atoms with E-state index in [0.717, 1.165) is 12.8 Å². The number of carbonyl (C=O) groups excluding carboxylic acids is 1.